The van der Waals surface area contributed by atoms with Gasteiger partial charge < -0.3 is 15.5 Å². The average Bonchev–Trinajstić information content (AvgIpc) is 3.63. The molecule has 4 atom stereocenters. The molecule has 6 nitrogen and oxygen atoms in total. The van der Waals surface area contributed by atoms with Gasteiger partial charge in [0.1, 0.15) is 5.82 Å². The van der Waals surface area contributed by atoms with Crippen LogP contribution in [0.4, 0.5) is 10.1 Å². The van der Waals surface area contributed by atoms with Gasteiger partial charge in [0.25, 0.3) is 0 Å². The van der Waals surface area contributed by atoms with Crippen LogP contribution in [0.25, 0.3) is 11.1 Å². The number of piperidine rings is 2. The van der Waals surface area contributed by atoms with Crippen LogP contribution >= 0.6 is 0 Å². The molecule has 2 N–H and O–H groups in total. The van der Waals surface area contributed by atoms with E-state index in [1.54, 1.807) is 6.07 Å². The van der Waals surface area contributed by atoms with Crippen molar-refractivity contribution in [3.05, 3.63) is 53.3 Å². The number of amides is 1. The molecule has 1 amide bonds. The van der Waals surface area contributed by atoms with E-state index in [9.17, 15) is 14.9 Å². The maximum absolute atomic E-state index is 15.2. The van der Waals surface area contributed by atoms with Gasteiger partial charge in [-0.2, -0.15) is 5.26 Å². The summed E-state index contributed by atoms with van der Waals surface area (Å²) in [4.78, 5) is 27.6. The van der Waals surface area contributed by atoms with E-state index in [4.69, 9.17) is 0 Å². The second-order valence-electron chi connectivity index (χ2n) is 11.2. The fraction of sp³-hybridized carbons (Fsp3) is 0.500. The number of nitrogens with zero attached hydrogens (tertiary/aromatic N) is 2. The maximum Gasteiger partial charge on any atom is 0.231 e. The first-order valence-corrected chi connectivity index (χ1v) is 13.6. The third-order valence-corrected chi connectivity index (χ3v) is 8.81. The van der Waals surface area contributed by atoms with Crippen LogP contribution in [0.1, 0.15) is 49.7 Å². The number of hydrogen-bond acceptors (Lipinski definition) is 5. The van der Waals surface area contributed by atoms with Gasteiger partial charge in [-0.3, -0.25) is 9.59 Å². The number of hydrogen-bond donors (Lipinski definition) is 2. The molecular formula is C30H33FN4O2. The van der Waals surface area contributed by atoms with Crippen LogP contribution in [-0.2, 0) is 22.4 Å². The molecule has 1 saturated carbocycles. The highest BCUT2D eigenvalue weighted by atomic mass is 19.1. The maximum atomic E-state index is 15.2. The van der Waals surface area contributed by atoms with Crippen molar-refractivity contribution in [2.45, 2.75) is 69.5 Å². The first-order chi connectivity index (χ1) is 18.0. The lowest BCUT2D eigenvalue weighted by Crippen LogP contribution is -2.44. The molecule has 3 fully saturated rings. The Hall–Kier alpha value is -3.08. The van der Waals surface area contributed by atoms with Gasteiger partial charge in [0.2, 0.25) is 5.91 Å². The highest BCUT2D eigenvalue weighted by Gasteiger charge is 2.42. The zero-order valence-electron chi connectivity index (χ0n) is 21.0. The normalized spacial score (nSPS) is 25.8. The summed E-state index contributed by atoms with van der Waals surface area (Å²) < 4.78 is 15.2. The second kappa shape index (κ2) is 10.00. The van der Waals surface area contributed by atoms with Crippen molar-refractivity contribution >= 4 is 17.4 Å². The molecule has 1 aliphatic carbocycles. The summed E-state index contributed by atoms with van der Waals surface area (Å²) in [7, 11) is 0. The van der Waals surface area contributed by atoms with Crippen LogP contribution < -0.4 is 15.5 Å². The van der Waals surface area contributed by atoms with E-state index in [1.165, 1.54) is 6.07 Å². The highest BCUT2D eigenvalue weighted by molar-refractivity contribution is 6.02. The molecule has 0 spiro atoms. The van der Waals surface area contributed by atoms with Gasteiger partial charge in [-0.05, 0) is 98.0 Å². The minimum atomic E-state index is -0.541. The van der Waals surface area contributed by atoms with E-state index in [0.717, 1.165) is 67.6 Å². The molecule has 3 heterocycles. The lowest BCUT2D eigenvalue weighted by Gasteiger charge is -2.32. The number of halogens is 1. The SMILES string of the molecule is N#C[C@@H](CC(=O)[C@H]1N[C@@H]2CC[C@H]1C2)Cc1ccc(-c2ccc3c(c2)CC(=O)N3C2CCNCC2)cc1F. The number of nitrogens with one attached hydrogen (secondary N) is 2. The van der Waals surface area contributed by atoms with E-state index < -0.39 is 5.92 Å². The summed E-state index contributed by atoms with van der Waals surface area (Å²) in [5, 5.41) is 16.4. The molecular weight excluding hydrogens is 467 g/mol. The van der Waals surface area contributed by atoms with Crippen molar-refractivity contribution in [2.24, 2.45) is 11.8 Å². The molecule has 2 saturated heterocycles. The van der Waals surface area contributed by atoms with Crippen molar-refractivity contribution in [2.75, 3.05) is 18.0 Å². The van der Waals surface area contributed by atoms with Gasteiger partial charge in [-0.15, -0.1) is 0 Å². The van der Waals surface area contributed by atoms with Gasteiger partial charge in [0, 0.05) is 24.2 Å². The Morgan fingerprint density at radius 3 is 2.59 bits per heavy atom. The van der Waals surface area contributed by atoms with Gasteiger partial charge in [0.15, 0.2) is 5.78 Å². The number of carbonyl (C=O) groups excluding carboxylic acids is 2. The van der Waals surface area contributed by atoms with Gasteiger partial charge in [-0.1, -0.05) is 18.2 Å². The molecule has 0 aromatic heterocycles. The largest absolute Gasteiger partial charge is 0.317 e. The number of nitriles is 1. The minimum Gasteiger partial charge on any atom is -0.317 e. The van der Waals surface area contributed by atoms with Gasteiger partial charge in [-0.25, -0.2) is 4.39 Å². The van der Waals surface area contributed by atoms with Crippen LogP contribution in [-0.4, -0.2) is 42.9 Å². The molecule has 2 bridgehead atoms. The van der Waals surface area contributed by atoms with E-state index in [1.807, 2.05) is 29.2 Å². The predicted octanol–water partition coefficient (Wildman–Crippen LogP) is 3.92. The second-order valence-corrected chi connectivity index (χ2v) is 11.2. The fourth-order valence-electron chi connectivity index (χ4n) is 6.90. The number of carbonyl (C=O) groups is 2. The van der Waals surface area contributed by atoms with Crippen LogP contribution in [0.3, 0.4) is 0 Å². The Bertz CT molecular complexity index is 1260. The topological polar surface area (TPSA) is 85.2 Å². The Balaban J connectivity index is 1.14. The van der Waals surface area contributed by atoms with Crippen molar-refractivity contribution in [1.29, 1.82) is 5.26 Å². The average molecular weight is 501 g/mol. The molecule has 0 unspecified atom stereocenters. The Labute approximate surface area is 217 Å². The van der Waals surface area contributed by atoms with Crippen LogP contribution in [0, 0.1) is 29.0 Å². The Kier molecular flexibility index (Phi) is 6.56. The zero-order valence-corrected chi connectivity index (χ0v) is 21.0. The standard InChI is InChI=1S/C30H33FN4O2/c31-26-15-20(19-4-6-27-23(13-19)16-29(37)35(27)25-7-9-33-10-8-25)1-2-21(26)11-18(17-32)12-28(36)30-22-3-5-24(14-22)34-30/h1-2,4,6,13,15,18,22,24-25,30,33-34H,3,5,7-12,14,16H2/t18-,22+,24-,30+/m1/s1. The van der Waals surface area contributed by atoms with E-state index in [-0.39, 0.29) is 42.4 Å². The number of Topliss-reactive ketones (excluding diaryl/α,β-unsaturated/α-hetero) is 1. The number of anilines is 1. The molecule has 7 heteroatoms. The van der Waals surface area contributed by atoms with Gasteiger partial charge >= 0.3 is 0 Å². The third-order valence-electron chi connectivity index (χ3n) is 8.81. The predicted molar refractivity (Wildman–Crippen MR) is 139 cm³/mol. The molecule has 2 aromatic rings. The molecule has 0 radical (unpaired) electrons. The molecule has 6 rings (SSSR count). The minimum absolute atomic E-state index is 0.0852. The molecule has 3 aliphatic heterocycles. The van der Waals surface area contributed by atoms with Crippen molar-refractivity contribution < 1.29 is 14.0 Å². The summed E-state index contributed by atoms with van der Waals surface area (Å²) >= 11 is 0. The van der Waals surface area contributed by atoms with E-state index >= 15 is 4.39 Å². The quantitative estimate of drug-likeness (QED) is 0.602. The summed E-state index contributed by atoms with van der Waals surface area (Å²) in [6.45, 7) is 1.85. The molecule has 4 aliphatic rings. The summed E-state index contributed by atoms with van der Waals surface area (Å²) in [5.41, 5.74) is 4.04. The lowest BCUT2D eigenvalue weighted by atomic mass is 9.88. The van der Waals surface area contributed by atoms with Crippen LogP contribution in [0.2, 0.25) is 0 Å². The van der Waals surface area contributed by atoms with Crippen molar-refractivity contribution in [3.8, 4) is 17.2 Å². The van der Waals surface area contributed by atoms with Crippen molar-refractivity contribution in [1.82, 2.24) is 10.6 Å². The van der Waals surface area contributed by atoms with Crippen molar-refractivity contribution in [3.63, 3.8) is 0 Å². The fourth-order valence-corrected chi connectivity index (χ4v) is 6.90. The number of fused-ring (bicyclic) bond motifs is 3. The third kappa shape index (κ3) is 4.69. The summed E-state index contributed by atoms with van der Waals surface area (Å²) in [6, 6.07) is 13.8. The molecule has 37 heavy (non-hydrogen) atoms. The van der Waals surface area contributed by atoms with E-state index in [0.29, 0.717) is 23.9 Å². The first-order valence-electron chi connectivity index (χ1n) is 13.6. The van der Waals surface area contributed by atoms with Gasteiger partial charge in [0.05, 0.1) is 24.4 Å². The van der Waals surface area contributed by atoms with Crippen LogP contribution in [0.15, 0.2) is 36.4 Å². The Morgan fingerprint density at radius 1 is 1.11 bits per heavy atom. The molecule has 192 valence electrons. The molecule has 2 aromatic carbocycles. The monoisotopic (exact) mass is 500 g/mol. The Morgan fingerprint density at radius 2 is 1.89 bits per heavy atom. The number of benzene rings is 2. The van der Waals surface area contributed by atoms with Crippen LogP contribution in [0.5, 0.6) is 0 Å². The summed E-state index contributed by atoms with van der Waals surface area (Å²) in [6.07, 6.45) is 5.92. The number of ketones is 1. The highest BCUT2D eigenvalue weighted by Crippen LogP contribution is 2.37. The zero-order chi connectivity index (χ0) is 25.5. The number of rotatable bonds is 7. The lowest BCUT2D eigenvalue weighted by molar-refractivity contribution is -0.122. The first kappa shape index (κ1) is 24.3. The summed E-state index contributed by atoms with van der Waals surface area (Å²) in [5.74, 6) is -0.292. The smallest absolute Gasteiger partial charge is 0.231 e. The van der Waals surface area contributed by atoms with E-state index in [2.05, 4.69) is 16.7 Å².